The van der Waals surface area contributed by atoms with Crippen LogP contribution in [0.4, 0.5) is 15.3 Å². The van der Waals surface area contributed by atoms with Crippen LogP contribution < -0.4 is 20.9 Å². The van der Waals surface area contributed by atoms with Gasteiger partial charge in [0.2, 0.25) is 5.91 Å². The Bertz CT molecular complexity index is 2030. The molecule has 0 saturated carbocycles. The number of imide groups is 1. The van der Waals surface area contributed by atoms with Crippen molar-refractivity contribution in [2.75, 3.05) is 32.2 Å². The molecule has 55 heavy (non-hydrogen) atoms. The Hall–Kier alpha value is -5.70. The summed E-state index contributed by atoms with van der Waals surface area (Å²) in [5, 5.41) is 9.29. The number of nitrogens with one attached hydrogen (secondary N) is 5. The molecule has 6 rings (SSSR count). The first-order chi connectivity index (χ1) is 26.4. The summed E-state index contributed by atoms with van der Waals surface area (Å²) >= 11 is 0. The number of methoxy groups -OCH3 is 2. The van der Waals surface area contributed by atoms with Crippen molar-refractivity contribution in [3.63, 3.8) is 0 Å². The van der Waals surface area contributed by atoms with Crippen molar-refractivity contribution >= 4 is 46.5 Å². The van der Waals surface area contributed by atoms with Crippen LogP contribution in [0.2, 0.25) is 0 Å². The summed E-state index contributed by atoms with van der Waals surface area (Å²) in [4.78, 5) is 80.0. The molecule has 0 radical (unpaired) electrons. The number of nitrogens with zero attached hydrogens (tertiary/aromatic N) is 3. The van der Waals surface area contributed by atoms with E-state index in [9.17, 15) is 24.0 Å². The van der Waals surface area contributed by atoms with Gasteiger partial charge in [0, 0.05) is 23.1 Å². The maximum atomic E-state index is 14.0. The number of rotatable bonds is 11. The van der Waals surface area contributed by atoms with E-state index in [-0.39, 0.29) is 29.7 Å². The van der Waals surface area contributed by atoms with Crippen LogP contribution in [-0.2, 0) is 23.9 Å². The number of fused-ring (bicyclic) bond motifs is 1. The van der Waals surface area contributed by atoms with Crippen molar-refractivity contribution in [3.05, 3.63) is 60.6 Å². The van der Waals surface area contributed by atoms with E-state index in [0.717, 1.165) is 52.7 Å². The minimum Gasteiger partial charge on any atom is -0.453 e. The van der Waals surface area contributed by atoms with E-state index in [2.05, 4.69) is 30.9 Å². The largest absolute Gasteiger partial charge is 0.453 e. The zero-order valence-corrected chi connectivity index (χ0v) is 32.1. The lowest BCUT2D eigenvalue weighted by molar-refractivity contribution is -0.135. The van der Waals surface area contributed by atoms with Gasteiger partial charge in [-0.25, -0.2) is 19.5 Å². The highest BCUT2D eigenvalue weighted by atomic mass is 16.5. The van der Waals surface area contributed by atoms with Crippen LogP contribution in [0.25, 0.3) is 33.4 Å². The predicted molar refractivity (Wildman–Crippen MR) is 207 cm³/mol. The van der Waals surface area contributed by atoms with Gasteiger partial charge in [0.25, 0.3) is 11.8 Å². The normalized spacial score (nSPS) is 18.0. The maximum Gasteiger partial charge on any atom is 0.407 e. The zero-order chi connectivity index (χ0) is 39.4. The first-order valence-electron chi connectivity index (χ1n) is 18.8. The van der Waals surface area contributed by atoms with Crippen LogP contribution in [0.1, 0.15) is 65.2 Å². The molecule has 2 fully saturated rings. The number of imidazole rings is 1. The second kappa shape index (κ2) is 16.8. The monoisotopic (exact) mass is 754 g/mol. The average molecular weight is 755 g/mol. The van der Waals surface area contributed by atoms with E-state index in [0.29, 0.717) is 31.0 Å². The highest BCUT2D eigenvalue weighted by molar-refractivity contribution is 6.19. The lowest BCUT2D eigenvalue weighted by Gasteiger charge is -2.30. The zero-order valence-electron chi connectivity index (χ0n) is 32.1. The van der Waals surface area contributed by atoms with E-state index < -0.39 is 36.2 Å². The quantitative estimate of drug-likeness (QED) is 0.136. The van der Waals surface area contributed by atoms with Gasteiger partial charge in [-0.2, -0.15) is 0 Å². The number of H-pyrrole nitrogens is 2. The van der Waals surface area contributed by atoms with Crippen LogP contribution in [-0.4, -0.2) is 95.2 Å². The van der Waals surface area contributed by atoms with E-state index in [1.807, 2.05) is 56.3 Å². The third kappa shape index (κ3) is 8.36. The Balaban J connectivity index is 1.21. The summed E-state index contributed by atoms with van der Waals surface area (Å²) in [6, 6.07) is 12.9. The second-order valence-electron chi connectivity index (χ2n) is 14.8. The summed E-state index contributed by atoms with van der Waals surface area (Å²) < 4.78 is 9.52. The number of likely N-dealkylation sites (tertiary alicyclic amines) is 1. The number of hydrogen-bond donors (Lipinski definition) is 5. The molecule has 2 aromatic carbocycles. The van der Waals surface area contributed by atoms with Crippen LogP contribution in [0.15, 0.2) is 54.7 Å². The smallest absolute Gasteiger partial charge is 0.407 e. The summed E-state index contributed by atoms with van der Waals surface area (Å²) in [5.41, 5.74) is 4.73. The molecule has 0 bridgehead atoms. The first-order valence-corrected chi connectivity index (χ1v) is 18.8. The molecule has 2 aliphatic heterocycles. The fourth-order valence-corrected chi connectivity index (χ4v) is 7.34. The third-order valence-corrected chi connectivity index (χ3v) is 10.4. The van der Waals surface area contributed by atoms with Gasteiger partial charge < -0.3 is 40.3 Å². The van der Waals surface area contributed by atoms with Gasteiger partial charge in [0.15, 0.2) is 0 Å². The molecule has 15 heteroatoms. The molecule has 4 heterocycles. The number of benzene rings is 2. The molecule has 4 atom stereocenters. The Labute approximate surface area is 319 Å². The minimum absolute atomic E-state index is 0.126. The second-order valence-corrected chi connectivity index (χ2v) is 14.8. The number of carbonyl (C=O) groups is 5. The number of aromatic amines is 2. The van der Waals surface area contributed by atoms with Crippen LogP contribution >= 0.6 is 0 Å². The highest BCUT2D eigenvalue weighted by Gasteiger charge is 2.39. The van der Waals surface area contributed by atoms with Gasteiger partial charge in [0.1, 0.15) is 17.9 Å². The van der Waals surface area contributed by atoms with Gasteiger partial charge >= 0.3 is 12.2 Å². The third-order valence-electron chi connectivity index (χ3n) is 10.4. The van der Waals surface area contributed by atoms with E-state index in [1.165, 1.54) is 19.1 Å². The molecule has 0 spiro atoms. The SMILES string of the molecule is COC(=O)N[C@H](C(=O)N(C(=O)[C@@H]1CCCN1)c1ccc2[nH]c(-c3ccc(-c4cnc([C@@H]5CCCN5C(=O)[C@@H](NC(=O)OC)C(C)C)[nH]4)cc3)cc2c1)C(C)C. The number of amides is 5. The van der Waals surface area contributed by atoms with Crippen molar-refractivity contribution in [1.82, 2.24) is 35.8 Å². The standard InChI is InChI=1S/C40H50N8O7/c1-22(2)33(45-39(52)54-5)37(50)47-18-8-10-32(47)35-42-21-31(44-35)25-13-11-24(12-14-25)30-20-26-19-27(15-16-28(26)43-30)48(36(49)29-9-7-17-41-29)38(51)34(23(3)4)46-40(53)55-6/h11-16,19-23,29,32-34,41,43H,7-10,17-18H2,1-6H3,(H,42,44)(H,45,52)(H,46,53)/t29-,32-,33-,34-/m0/s1. The van der Waals surface area contributed by atoms with E-state index in [1.54, 1.807) is 31.0 Å². The number of carbonyl (C=O) groups excluding carboxylic acids is 5. The van der Waals surface area contributed by atoms with Crippen LogP contribution in [0.5, 0.6) is 0 Å². The summed E-state index contributed by atoms with van der Waals surface area (Å²) in [5.74, 6) is -0.808. The summed E-state index contributed by atoms with van der Waals surface area (Å²) in [6.45, 7) is 8.63. The van der Waals surface area contributed by atoms with Gasteiger partial charge in [-0.1, -0.05) is 52.0 Å². The van der Waals surface area contributed by atoms with E-state index >= 15 is 0 Å². The molecule has 5 N–H and O–H groups in total. The van der Waals surface area contributed by atoms with Crippen molar-refractivity contribution < 1.29 is 33.4 Å². The van der Waals surface area contributed by atoms with E-state index in [4.69, 9.17) is 9.47 Å². The highest BCUT2D eigenvalue weighted by Crippen LogP contribution is 2.34. The lowest BCUT2D eigenvalue weighted by Crippen LogP contribution is -2.56. The van der Waals surface area contributed by atoms with Crippen molar-refractivity contribution in [2.45, 2.75) is 77.5 Å². The summed E-state index contributed by atoms with van der Waals surface area (Å²) in [6.07, 6.45) is 3.39. The fraction of sp³-hybridized carbons (Fsp3) is 0.450. The van der Waals surface area contributed by atoms with Crippen molar-refractivity contribution in [1.29, 1.82) is 0 Å². The molecule has 5 amide bonds. The Morgan fingerprint density at radius 3 is 2.09 bits per heavy atom. The number of ether oxygens (including phenoxy) is 2. The number of hydrogen-bond acceptors (Lipinski definition) is 9. The molecular weight excluding hydrogens is 704 g/mol. The maximum absolute atomic E-state index is 14.0. The molecule has 2 aliphatic rings. The van der Waals surface area contributed by atoms with Gasteiger partial charge in [-0.05, 0) is 79.5 Å². The molecular formula is C40H50N8O7. The Kier molecular flexibility index (Phi) is 11.9. The Morgan fingerprint density at radius 1 is 0.818 bits per heavy atom. The average Bonchev–Trinajstić information content (AvgIpc) is 4.02. The minimum atomic E-state index is -0.980. The van der Waals surface area contributed by atoms with Gasteiger partial charge in [-0.3, -0.25) is 14.4 Å². The van der Waals surface area contributed by atoms with Crippen LogP contribution in [0, 0.1) is 11.8 Å². The summed E-state index contributed by atoms with van der Waals surface area (Å²) in [7, 11) is 2.51. The van der Waals surface area contributed by atoms with Crippen molar-refractivity contribution in [2.24, 2.45) is 11.8 Å². The molecule has 15 nitrogen and oxygen atoms in total. The van der Waals surface area contributed by atoms with Gasteiger partial charge in [-0.15, -0.1) is 0 Å². The number of anilines is 1. The Morgan fingerprint density at radius 2 is 1.47 bits per heavy atom. The van der Waals surface area contributed by atoms with Crippen molar-refractivity contribution in [3.8, 4) is 22.5 Å². The molecule has 2 aromatic heterocycles. The first kappa shape index (κ1) is 39.0. The number of alkyl carbamates (subject to hydrolysis) is 2. The molecule has 0 unspecified atom stereocenters. The predicted octanol–water partition coefficient (Wildman–Crippen LogP) is 5.26. The van der Waals surface area contributed by atoms with Gasteiger partial charge in [0.05, 0.1) is 43.9 Å². The lowest BCUT2D eigenvalue weighted by atomic mass is 10.0. The molecule has 292 valence electrons. The number of aromatic nitrogens is 3. The molecule has 0 aliphatic carbocycles. The molecule has 4 aromatic rings. The molecule has 2 saturated heterocycles. The fourth-order valence-electron chi connectivity index (χ4n) is 7.34. The topological polar surface area (TPSA) is 191 Å². The van der Waals surface area contributed by atoms with Crippen LogP contribution in [0.3, 0.4) is 0 Å².